The average Bonchev–Trinajstić information content (AvgIpc) is 3.03. The van der Waals surface area contributed by atoms with E-state index in [1.807, 2.05) is 0 Å². The number of furan rings is 1. The van der Waals surface area contributed by atoms with E-state index in [1.54, 1.807) is 26.2 Å². The lowest BCUT2D eigenvalue weighted by atomic mass is 10.3. The Bertz CT molecular complexity index is 686. The fourth-order valence-electron chi connectivity index (χ4n) is 1.71. The Labute approximate surface area is 135 Å². The maximum Gasteiger partial charge on any atom is 0.433 e. The van der Waals surface area contributed by atoms with Gasteiger partial charge in [0.25, 0.3) is 0 Å². The maximum atomic E-state index is 12.9. The highest BCUT2D eigenvalue weighted by Gasteiger charge is 2.34. The normalized spacial score (nSPS) is 11.2. The molecule has 2 aromatic heterocycles. The Hall–Kier alpha value is -2.78. The van der Waals surface area contributed by atoms with Crippen molar-refractivity contribution < 1.29 is 22.4 Å². The summed E-state index contributed by atoms with van der Waals surface area (Å²) in [5, 5.41) is 5.04. The van der Waals surface area contributed by atoms with Crippen LogP contribution < -0.4 is 15.5 Å². The van der Waals surface area contributed by atoms with E-state index in [-0.39, 0.29) is 24.9 Å². The fraction of sp³-hybridized carbons (Fsp3) is 0.357. The SMILES string of the molecule is CN(C)c1cc(C(F)(F)F)nc(NCC(=O)NCc2ccco2)n1. The summed E-state index contributed by atoms with van der Waals surface area (Å²) in [7, 11) is 3.12. The van der Waals surface area contributed by atoms with Crippen LogP contribution in [0.15, 0.2) is 28.9 Å². The van der Waals surface area contributed by atoms with Crippen LogP contribution in [0, 0.1) is 0 Å². The molecule has 0 fully saturated rings. The minimum absolute atomic E-state index is 0.0795. The minimum Gasteiger partial charge on any atom is -0.467 e. The molecule has 0 bridgehead atoms. The van der Waals surface area contributed by atoms with Crippen LogP contribution in [-0.2, 0) is 17.5 Å². The summed E-state index contributed by atoms with van der Waals surface area (Å²) in [5.74, 6) is -0.0649. The third-order valence-electron chi connectivity index (χ3n) is 2.91. The highest BCUT2D eigenvalue weighted by Crippen LogP contribution is 2.30. The first-order chi connectivity index (χ1) is 11.3. The molecular weight excluding hydrogens is 327 g/mol. The molecule has 10 heteroatoms. The molecule has 0 aromatic carbocycles. The molecule has 0 aliphatic rings. The standard InChI is InChI=1S/C14H16F3N5O2/c1-22(2)11-6-10(14(15,16)17)20-13(21-11)19-8-12(23)18-7-9-4-3-5-24-9/h3-6H,7-8H2,1-2H3,(H,18,23)(H,19,20,21). The predicted octanol–water partition coefficient (Wildman–Crippen LogP) is 1.88. The second-order valence-corrected chi connectivity index (χ2v) is 5.04. The first kappa shape index (κ1) is 17.6. The van der Waals surface area contributed by atoms with Gasteiger partial charge in [-0.05, 0) is 12.1 Å². The average molecular weight is 343 g/mol. The van der Waals surface area contributed by atoms with Crippen LogP contribution in [0.4, 0.5) is 24.9 Å². The van der Waals surface area contributed by atoms with Crippen LogP contribution in [0.25, 0.3) is 0 Å². The van der Waals surface area contributed by atoms with E-state index in [0.717, 1.165) is 6.07 Å². The molecule has 2 N–H and O–H groups in total. The largest absolute Gasteiger partial charge is 0.467 e. The van der Waals surface area contributed by atoms with Gasteiger partial charge in [-0.3, -0.25) is 4.79 Å². The lowest BCUT2D eigenvalue weighted by molar-refractivity contribution is -0.141. The zero-order chi connectivity index (χ0) is 17.7. The zero-order valence-electron chi connectivity index (χ0n) is 13.0. The van der Waals surface area contributed by atoms with Gasteiger partial charge in [-0.1, -0.05) is 0 Å². The molecule has 1 amide bonds. The summed E-state index contributed by atoms with van der Waals surface area (Å²) < 4.78 is 43.6. The molecular formula is C14H16F3N5O2. The van der Waals surface area contributed by atoms with Crippen molar-refractivity contribution in [3.8, 4) is 0 Å². The molecule has 2 heterocycles. The van der Waals surface area contributed by atoms with Crippen LogP contribution in [0.3, 0.4) is 0 Å². The number of hydrogen-bond donors (Lipinski definition) is 2. The van der Waals surface area contributed by atoms with Crippen molar-refractivity contribution in [2.75, 3.05) is 30.9 Å². The number of carbonyl (C=O) groups excluding carboxylic acids is 1. The summed E-state index contributed by atoms with van der Waals surface area (Å²) in [6.07, 6.45) is -3.13. The molecule has 0 radical (unpaired) electrons. The van der Waals surface area contributed by atoms with E-state index < -0.39 is 17.8 Å². The topological polar surface area (TPSA) is 83.3 Å². The monoisotopic (exact) mass is 343 g/mol. The Morgan fingerprint density at radius 1 is 1.33 bits per heavy atom. The van der Waals surface area contributed by atoms with Crippen molar-refractivity contribution in [1.82, 2.24) is 15.3 Å². The van der Waals surface area contributed by atoms with Gasteiger partial charge in [0.1, 0.15) is 11.6 Å². The number of rotatable bonds is 6. The van der Waals surface area contributed by atoms with Gasteiger partial charge < -0.3 is 20.0 Å². The number of carbonyl (C=O) groups is 1. The molecule has 0 saturated heterocycles. The van der Waals surface area contributed by atoms with Crippen molar-refractivity contribution in [3.05, 3.63) is 35.9 Å². The molecule has 0 atom stereocenters. The predicted molar refractivity (Wildman–Crippen MR) is 80.4 cm³/mol. The van der Waals surface area contributed by atoms with Crippen LogP contribution in [-0.4, -0.2) is 36.5 Å². The lowest BCUT2D eigenvalue weighted by Gasteiger charge is -2.15. The number of nitrogens with zero attached hydrogens (tertiary/aromatic N) is 3. The van der Waals surface area contributed by atoms with E-state index in [1.165, 1.54) is 11.2 Å². The number of anilines is 2. The molecule has 2 aromatic rings. The van der Waals surface area contributed by atoms with Crippen LogP contribution in [0.2, 0.25) is 0 Å². The van der Waals surface area contributed by atoms with Gasteiger partial charge >= 0.3 is 6.18 Å². The van der Waals surface area contributed by atoms with Gasteiger partial charge in [-0.15, -0.1) is 0 Å². The van der Waals surface area contributed by atoms with Gasteiger partial charge in [-0.25, -0.2) is 4.98 Å². The van der Waals surface area contributed by atoms with Gasteiger partial charge in [0.2, 0.25) is 11.9 Å². The third-order valence-corrected chi connectivity index (χ3v) is 2.91. The second-order valence-electron chi connectivity index (χ2n) is 5.04. The zero-order valence-corrected chi connectivity index (χ0v) is 13.0. The van der Waals surface area contributed by atoms with Crippen molar-refractivity contribution in [1.29, 1.82) is 0 Å². The highest BCUT2D eigenvalue weighted by molar-refractivity contribution is 5.80. The summed E-state index contributed by atoms with van der Waals surface area (Å²) in [6, 6.07) is 4.20. The first-order valence-electron chi connectivity index (χ1n) is 6.92. The molecule has 0 aliphatic carbocycles. The number of nitrogens with one attached hydrogen (secondary N) is 2. The van der Waals surface area contributed by atoms with Crippen LogP contribution in [0.1, 0.15) is 11.5 Å². The lowest BCUT2D eigenvalue weighted by Crippen LogP contribution is -2.30. The van der Waals surface area contributed by atoms with Crippen LogP contribution >= 0.6 is 0 Å². The van der Waals surface area contributed by atoms with E-state index in [4.69, 9.17) is 4.42 Å². The van der Waals surface area contributed by atoms with Gasteiger partial charge in [0.15, 0.2) is 5.69 Å². The number of amides is 1. The van der Waals surface area contributed by atoms with Gasteiger partial charge in [-0.2, -0.15) is 18.2 Å². The minimum atomic E-state index is -4.61. The van der Waals surface area contributed by atoms with Gasteiger partial charge in [0, 0.05) is 20.2 Å². The summed E-state index contributed by atoms with van der Waals surface area (Å²) in [4.78, 5) is 20.5. The molecule has 0 saturated carbocycles. The Balaban J connectivity index is 2.00. The fourth-order valence-corrected chi connectivity index (χ4v) is 1.71. The molecule has 24 heavy (non-hydrogen) atoms. The van der Waals surface area contributed by atoms with Crippen molar-refractivity contribution in [2.24, 2.45) is 0 Å². The van der Waals surface area contributed by atoms with Crippen LogP contribution in [0.5, 0.6) is 0 Å². The number of aromatic nitrogens is 2. The molecule has 7 nitrogen and oxygen atoms in total. The highest BCUT2D eigenvalue weighted by atomic mass is 19.4. The quantitative estimate of drug-likeness (QED) is 0.833. The van der Waals surface area contributed by atoms with E-state index >= 15 is 0 Å². The summed E-state index contributed by atoms with van der Waals surface area (Å²) in [5.41, 5.74) is -1.08. The molecule has 0 aliphatic heterocycles. The molecule has 2 rings (SSSR count). The van der Waals surface area contributed by atoms with Crippen molar-refractivity contribution >= 4 is 17.7 Å². The Morgan fingerprint density at radius 3 is 2.67 bits per heavy atom. The van der Waals surface area contributed by atoms with E-state index in [0.29, 0.717) is 5.76 Å². The summed E-state index contributed by atoms with van der Waals surface area (Å²) >= 11 is 0. The van der Waals surface area contributed by atoms with E-state index in [9.17, 15) is 18.0 Å². The third kappa shape index (κ3) is 4.86. The molecule has 130 valence electrons. The number of hydrogen-bond acceptors (Lipinski definition) is 6. The summed E-state index contributed by atoms with van der Waals surface area (Å²) in [6.45, 7) is -0.0885. The molecule has 0 unspecified atom stereocenters. The smallest absolute Gasteiger partial charge is 0.433 e. The Morgan fingerprint density at radius 2 is 2.08 bits per heavy atom. The van der Waals surface area contributed by atoms with Gasteiger partial charge in [0.05, 0.1) is 19.4 Å². The Kier molecular flexibility index (Phi) is 5.27. The maximum absolute atomic E-state index is 12.9. The number of alkyl halides is 3. The van der Waals surface area contributed by atoms with Crippen molar-refractivity contribution in [2.45, 2.75) is 12.7 Å². The first-order valence-corrected chi connectivity index (χ1v) is 6.92. The van der Waals surface area contributed by atoms with Crippen molar-refractivity contribution in [3.63, 3.8) is 0 Å². The van der Waals surface area contributed by atoms with E-state index in [2.05, 4.69) is 20.6 Å². The molecule has 0 spiro atoms. The number of halogens is 3. The second kappa shape index (κ2) is 7.20.